The molecule has 0 unspecified atom stereocenters. The molecule has 0 radical (unpaired) electrons. The van der Waals surface area contributed by atoms with E-state index in [4.69, 9.17) is 0 Å². The van der Waals surface area contributed by atoms with E-state index >= 15 is 0 Å². The maximum absolute atomic E-state index is 11.9. The van der Waals surface area contributed by atoms with Crippen molar-refractivity contribution < 1.29 is 9.90 Å². The number of rotatable bonds is 0. The fourth-order valence-corrected chi connectivity index (χ4v) is 7.02. The summed E-state index contributed by atoms with van der Waals surface area (Å²) in [6.07, 6.45) is 10.0. The van der Waals surface area contributed by atoms with Crippen LogP contribution in [0, 0.1) is 34.5 Å². The third-order valence-corrected chi connectivity index (χ3v) is 8.43. The van der Waals surface area contributed by atoms with Crippen molar-refractivity contribution in [2.24, 2.45) is 34.5 Å². The van der Waals surface area contributed by atoms with Crippen LogP contribution in [-0.4, -0.2) is 17.0 Å². The van der Waals surface area contributed by atoms with Gasteiger partial charge in [0.2, 0.25) is 0 Å². The minimum atomic E-state index is -0.0677. The summed E-state index contributed by atoms with van der Waals surface area (Å²) in [6.45, 7) is 4.85. The predicted molar refractivity (Wildman–Crippen MR) is 82.7 cm³/mol. The summed E-state index contributed by atoms with van der Waals surface area (Å²) in [6, 6.07) is 0. The zero-order chi connectivity index (χ0) is 14.8. The Morgan fingerprint density at radius 2 is 1.71 bits per heavy atom. The highest BCUT2D eigenvalue weighted by Gasteiger charge is 2.59. The molecule has 7 atom stereocenters. The van der Waals surface area contributed by atoms with Crippen LogP contribution in [0.2, 0.25) is 0 Å². The van der Waals surface area contributed by atoms with E-state index in [9.17, 15) is 9.90 Å². The number of ketones is 1. The number of Topliss-reactive ketones (excluding diaryl/α,β-unsaturated/α-hetero) is 1. The summed E-state index contributed by atoms with van der Waals surface area (Å²) in [5.41, 5.74) is 0.598. The van der Waals surface area contributed by atoms with Gasteiger partial charge in [-0.2, -0.15) is 0 Å². The van der Waals surface area contributed by atoms with Crippen LogP contribution in [0.25, 0.3) is 0 Å². The maximum Gasteiger partial charge on any atom is 0.133 e. The first-order valence-corrected chi connectivity index (χ1v) is 9.15. The van der Waals surface area contributed by atoms with E-state index < -0.39 is 0 Å². The van der Waals surface area contributed by atoms with Crippen LogP contribution in [0.5, 0.6) is 0 Å². The Morgan fingerprint density at radius 3 is 2.52 bits per heavy atom. The van der Waals surface area contributed by atoms with E-state index in [2.05, 4.69) is 13.8 Å². The standard InChI is InChI=1S/C19H30O2/c1-18-9-7-13(20)11-12(18)3-4-14-15-5-6-17(21)19(15,2)10-8-16(14)18/h12,14-17,21H,3-11H2,1-2H3/t12-,14-,15-,16-,17+,18-,19-/m0/s1. The highest BCUT2D eigenvalue weighted by Crippen LogP contribution is 2.65. The van der Waals surface area contributed by atoms with E-state index in [0.29, 0.717) is 17.1 Å². The molecule has 2 nitrogen and oxygen atoms in total. The second-order valence-corrected chi connectivity index (χ2v) is 9.04. The van der Waals surface area contributed by atoms with Crippen LogP contribution >= 0.6 is 0 Å². The summed E-state index contributed by atoms with van der Waals surface area (Å²) in [4.78, 5) is 11.9. The monoisotopic (exact) mass is 290 g/mol. The van der Waals surface area contributed by atoms with Gasteiger partial charge in [0.05, 0.1) is 6.10 Å². The molecule has 0 aromatic heterocycles. The molecule has 0 heterocycles. The fraction of sp³-hybridized carbons (Fsp3) is 0.947. The molecule has 4 aliphatic rings. The number of carbonyl (C=O) groups excluding carboxylic acids is 1. The number of hydrogen-bond donors (Lipinski definition) is 1. The molecule has 1 N–H and O–H groups in total. The Kier molecular flexibility index (Phi) is 3.10. The molecule has 118 valence electrons. The number of fused-ring (bicyclic) bond motifs is 5. The summed E-state index contributed by atoms with van der Waals surface area (Å²) in [5.74, 6) is 3.52. The Balaban J connectivity index is 1.64. The number of carbonyl (C=O) groups is 1. The molecule has 0 aromatic rings. The van der Waals surface area contributed by atoms with E-state index in [1.807, 2.05) is 0 Å². The van der Waals surface area contributed by atoms with Crippen LogP contribution in [0.3, 0.4) is 0 Å². The molecule has 0 bridgehead atoms. The summed E-state index contributed by atoms with van der Waals surface area (Å²) in [7, 11) is 0. The number of aliphatic hydroxyl groups is 1. The molecule has 0 aliphatic heterocycles. The van der Waals surface area contributed by atoms with Gasteiger partial charge >= 0.3 is 0 Å². The summed E-state index contributed by atoms with van der Waals surface area (Å²) in [5, 5.41) is 10.5. The van der Waals surface area contributed by atoms with Gasteiger partial charge in [-0.05, 0) is 79.4 Å². The zero-order valence-electron chi connectivity index (χ0n) is 13.6. The van der Waals surface area contributed by atoms with Crippen LogP contribution in [-0.2, 0) is 4.79 Å². The zero-order valence-corrected chi connectivity index (χ0v) is 13.6. The fourth-order valence-electron chi connectivity index (χ4n) is 7.02. The minimum absolute atomic E-state index is 0.0677. The Morgan fingerprint density at radius 1 is 0.952 bits per heavy atom. The third kappa shape index (κ3) is 1.84. The van der Waals surface area contributed by atoms with E-state index in [0.717, 1.165) is 43.4 Å². The van der Waals surface area contributed by atoms with Gasteiger partial charge in [-0.1, -0.05) is 13.8 Å². The smallest absolute Gasteiger partial charge is 0.133 e. The van der Waals surface area contributed by atoms with Gasteiger partial charge in [0.1, 0.15) is 5.78 Å². The lowest BCUT2D eigenvalue weighted by atomic mass is 9.45. The van der Waals surface area contributed by atoms with Crippen LogP contribution < -0.4 is 0 Å². The van der Waals surface area contributed by atoms with Gasteiger partial charge < -0.3 is 5.11 Å². The quantitative estimate of drug-likeness (QED) is 0.733. The summed E-state index contributed by atoms with van der Waals surface area (Å²) >= 11 is 0. The van der Waals surface area contributed by atoms with Crippen molar-refractivity contribution in [1.82, 2.24) is 0 Å². The minimum Gasteiger partial charge on any atom is -0.393 e. The van der Waals surface area contributed by atoms with Crippen molar-refractivity contribution >= 4 is 5.78 Å². The molecule has 4 aliphatic carbocycles. The average molecular weight is 290 g/mol. The van der Waals surface area contributed by atoms with Crippen LogP contribution in [0.4, 0.5) is 0 Å². The van der Waals surface area contributed by atoms with Crippen molar-refractivity contribution in [2.75, 3.05) is 0 Å². The molecule has 0 aromatic carbocycles. The van der Waals surface area contributed by atoms with Crippen molar-refractivity contribution in [1.29, 1.82) is 0 Å². The highest BCUT2D eigenvalue weighted by atomic mass is 16.3. The van der Waals surface area contributed by atoms with E-state index in [1.54, 1.807) is 0 Å². The average Bonchev–Trinajstić information content (AvgIpc) is 2.76. The van der Waals surface area contributed by atoms with Crippen molar-refractivity contribution in [3.63, 3.8) is 0 Å². The molecule has 4 saturated carbocycles. The lowest BCUT2D eigenvalue weighted by molar-refractivity contribution is -0.141. The van der Waals surface area contributed by atoms with Crippen molar-refractivity contribution in [3.05, 3.63) is 0 Å². The first-order chi connectivity index (χ1) is 9.95. The second kappa shape index (κ2) is 4.57. The third-order valence-electron chi connectivity index (χ3n) is 8.43. The van der Waals surface area contributed by atoms with Gasteiger partial charge in [0.25, 0.3) is 0 Å². The van der Waals surface area contributed by atoms with Crippen LogP contribution in [0.1, 0.15) is 71.6 Å². The SMILES string of the molecule is C[C@]12CCC(=O)C[C@@H]1CC[C@@H]1[C@@H]2CC[C@]2(C)[C@H](O)CC[C@@H]12. The van der Waals surface area contributed by atoms with Gasteiger partial charge in [-0.15, -0.1) is 0 Å². The Labute approximate surface area is 128 Å². The molecule has 21 heavy (non-hydrogen) atoms. The van der Waals surface area contributed by atoms with Crippen LogP contribution in [0.15, 0.2) is 0 Å². The molecule has 4 rings (SSSR count). The Bertz CT molecular complexity index is 458. The van der Waals surface area contributed by atoms with Gasteiger partial charge in [0, 0.05) is 12.8 Å². The van der Waals surface area contributed by atoms with E-state index in [1.165, 1.54) is 32.1 Å². The number of aliphatic hydroxyl groups excluding tert-OH is 1. The molecule has 0 spiro atoms. The van der Waals surface area contributed by atoms with Crippen molar-refractivity contribution in [2.45, 2.75) is 77.7 Å². The van der Waals surface area contributed by atoms with Gasteiger partial charge in [0.15, 0.2) is 0 Å². The Hall–Kier alpha value is -0.370. The maximum atomic E-state index is 11.9. The first-order valence-electron chi connectivity index (χ1n) is 9.15. The molecule has 0 saturated heterocycles. The second-order valence-electron chi connectivity index (χ2n) is 9.04. The molecular formula is C19H30O2. The molecule has 2 heteroatoms. The van der Waals surface area contributed by atoms with Gasteiger partial charge in [-0.3, -0.25) is 4.79 Å². The molecule has 4 fully saturated rings. The summed E-state index contributed by atoms with van der Waals surface area (Å²) < 4.78 is 0. The molecule has 0 amide bonds. The van der Waals surface area contributed by atoms with Crippen molar-refractivity contribution in [3.8, 4) is 0 Å². The topological polar surface area (TPSA) is 37.3 Å². The normalized spacial score (nSPS) is 56.5. The lowest BCUT2D eigenvalue weighted by Crippen LogP contribution is -2.54. The number of hydrogen-bond acceptors (Lipinski definition) is 2. The molecular weight excluding hydrogens is 260 g/mol. The predicted octanol–water partition coefficient (Wildman–Crippen LogP) is 3.96. The first kappa shape index (κ1) is 14.2. The lowest BCUT2D eigenvalue weighted by Gasteiger charge is -2.60. The largest absolute Gasteiger partial charge is 0.393 e. The van der Waals surface area contributed by atoms with E-state index in [-0.39, 0.29) is 11.5 Å². The van der Waals surface area contributed by atoms with Gasteiger partial charge in [-0.25, -0.2) is 0 Å². The highest BCUT2D eigenvalue weighted by molar-refractivity contribution is 5.79.